The fraction of sp³-hybridized carbons (Fsp3) is 0.158. The molecule has 0 saturated carbocycles. The van der Waals surface area contributed by atoms with E-state index in [2.05, 4.69) is 31.5 Å². The lowest BCUT2D eigenvalue weighted by Gasteiger charge is -2.14. The van der Waals surface area contributed by atoms with E-state index in [4.69, 9.17) is 0 Å². The molecular formula is C19H17N7O3. The molecule has 1 aliphatic rings. The van der Waals surface area contributed by atoms with Crippen LogP contribution in [0.5, 0.6) is 0 Å². The first-order chi connectivity index (χ1) is 14.1. The molecular weight excluding hydrogens is 374 g/mol. The molecule has 10 nitrogen and oxygen atoms in total. The molecule has 0 aliphatic carbocycles. The van der Waals surface area contributed by atoms with E-state index in [-0.39, 0.29) is 13.0 Å². The molecule has 0 radical (unpaired) electrons. The van der Waals surface area contributed by atoms with Crippen molar-refractivity contribution in [3.63, 3.8) is 0 Å². The quantitative estimate of drug-likeness (QED) is 0.578. The topological polar surface area (TPSA) is 131 Å². The van der Waals surface area contributed by atoms with Gasteiger partial charge in [0, 0.05) is 0 Å². The van der Waals surface area contributed by atoms with E-state index < -0.39 is 23.8 Å². The number of anilines is 1. The lowest BCUT2D eigenvalue weighted by atomic mass is 10.1. The van der Waals surface area contributed by atoms with Gasteiger partial charge in [0.1, 0.15) is 6.04 Å². The molecule has 0 spiro atoms. The zero-order valence-electron chi connectivity index (χ0n) is 15.2. The van der Waals surface area contributed by atoms with Crippen molar-refractivity contribution >= 4 is 23.4 Å². The molecule has 29 heavy (non-hydrogen) atoms. The Kier molecular flexibility index (Phi) is 4.97. The average Bonchev–Trinajstić information content (AvgIpc) is 3.17. The van der Waals surface area contributed by atoms with E-state index in [1.165, 1.54) is 4.68 Å². The lowest BCUT2D eigenvalue weighted by molar-refractivity contribution is -0.125. The van der Waals surface area contributed by atoms with Gasteiger partial charge in [-0.05, 0) is 34.7 Å². The van der Waals surface area contributed by atoms with E-state index in [1.54, 1.807) is 24.3 Å². The minimum atomic E-state index is -0.986. The van der Waals surface area contributed by atoms with Gasteiger partial charge in [-0.15, -0.1) is 5.10 Å². The van der Waals surface area contributed by atoms with Gasteiger partial charge in [-0.2, -0.15) is 4.68 Å². The first-order valence-electron chi connectivity index (χ1n) is 8.92. The van der Waals surface area contributed by atoms with Crippen LogP contribution in [0.15, 0.2) is 54.6 Å². The summed E-state index contributed by atoms with van der Waals surface area (Å²) in [6.07, 6.45) is -0.210. The summed E-state index contributed by atoms with van der Waals surface area (Å²) < 4.78 is 1.51. The van der Waals surface area contributed by atoms with Gasteiger partial charge in [0.15, 0.2) is 5.82 Å². The SMILES string of the molecule is O=C(C[C@H]1NC(=O)c2ccccc2NC1=O)NCc1nnnn1-c1ccccc1. The number of aromatic nitrogens is 4. The zero-order chi connectivity index (χ0) is 20.2. The van der Waals surface area contributed by atoms with E-state index in [1.807, 2.05) is 30.3 Å². The molecule has 3 aromatic rings. The molecule has 0 fully saturated rings. The number of rotatable bonds is 5. The standard InChI is InChI=1S/C19H17N7O3/c27-17(20-11-16-23-24-25-26(16)12-6-2-1-3-7-12)10-15-19(29)21-14-9-5-4-8-13(14)18(28)22-15/h1-9,15H,10-11H2,(H,20,27)(H,21,29)(H,22,28)/t15-/m1/s1. The normalized spacial score (nSPS) is 15.7. The number of tetrazole rings is 1. The van der Waals surface area contributed by atoms with Gasteiger partial charge in [-0.25, -0.2) is 0 Å². The maximum absolute atomic E-state index is 12.4. The van der Waals surface area contributed by atoms with Gasteiger partial charge in [-0.3, -0.25) is 14.4 Å². The second-order valence-electron chi connectivity index (χ2n) is 6.38. The van der Waals surface area contributed by atoms with Crippen LogP contribution in [0.2, 0.25) is 0 Å². The summed E-state index contributed by atoms with van der Waals surface area (Å²) in [6, 6.07) is 14.9. The van der Waals surface area contributed by atoms with E-state index in [0.717, 1.165) is 5.69 Å². The van der Waals surface area contributed by atoms with E-state index in [0.29, 0.717) is 17.1 Å². The van der Waals surface area contributed by atoms with E-state index >= 15 is 0 Å². The Morgan fingerprint density at radius 2 is 1.83 bits per heavy atom. The Bertz CT molecular complexity index is 1060. The second-order valence-corrected chi connectivity index (χ2v) is 6.38. The van der Waals surface area contributed by atoms with Gasteiger partial charge in [0.2, 0.25) is 11.8 Å². The summed E-state index contributed by atoms with van der Waals surface area (Å²) in [5.74, 6) is -0.845. The molecule has 1 aliphatic heterocycles. The highest BCUT2D eigenvalue weighted by Crippen LogP contribution is 2.18. The lowest BCUT2D eigenvalue weighted by Crippen LogP contribution is -2.44. The molecule has 2 heterocycles. The van der Waals surface area contributed by atoms with Crippen LogP contribution < -0.4 is 16.0 Å². The predicted octanol–water partition coefficient (Wildman–Crippen LogP) is 0.419. The van der Waals surface area contributed by atoms with Gasteiger partial charge in [0.25, 0.3) is 5.91 Å². The second kappa shape index (κ2) is 7.89. The molecule has 0 bridgehead atoms. The molecule has 10 heteroatoms. The molecule has 0 unspecified atom stereocenters. The van der Waals surface area contributed by atoms with Gasteiger partial charge >= 0.3 is 0 Å². The van der Waals surface area contributed by atoms with Crippen LogP contribution in [-0.2, 0) is 16.1 Å². The van der Waals surface area contributed by atoms with Crippen LogP contribution in [0.3, 0.4) is 0 Å². The van der Waals surface area contributed by atoms with Crippen LogP contribution in [0.25, 0.3) is 5.69 Å². The highest BCUT2D eigenvalue weighted by Gasteiger charge is 2.29. The summed E-state index contributed by atoms with van der Waals surface area (Å²) in [6.45, 7) is 0.0727. The van der Waals surface area contributed by atoms with E-state index in [9.17, 15) is 14.4 Å². The molecule has 146 valence electrons. The maximum atomic E-state index is 12.4. The first kappa shape index (κ1) is 18.3. The molecule has 1 atom stereocenters. The zero-order valence-corrected chi connectivity index (χ0v) is 15.2. The third kappa shape index (κ3) is 3.95. The predicted molar refractivity (Wildman–Crippen MR) is 102 cm³/mol. The molecule has 4 rings (SSSR count). The van der Waals surface area contributed by atoms with Crippen LogP contribution >= 0.6 is 0 Å². The minimum Gasteiger partial charge on any atom is -0.349 e. The molecule has 0 saturated heterocycles. The molecule has 2 aromatic carbocycles. The van der Waals surface area contributed by atoms with Crippen molar-refractivity contribution in [2.45, 2.75) is 19.0 Å². The van der Waals surface area contributed by atoms with Gasteiger partial charge in [-0.1, -0.05) is 30.3 Å². The van der Waals surface area contributed by atoms with Crippen LogP contribution in [-0.4, -0.2) is 44.0 Å². The van der Waals surface area contributed by atoms with Gasteiger partial charge < -0.3 is 16.0 Å². The molecule has 3 amide bonds. The van der Waals surface area contributed by atoms with Crippen LogP contribution in [0.4, 0.5) is 5.69 Å². The van der Waals surface area contributed by atoms with Crippen molar-refractivity contribution in [1.29, 1.82) is 0 Å². The number of fused-ring (bicyclic) bond motifs is 1. The number of carbonyl (C=O) groups excluding carboxylic acids is 3. The van der Waals surface area contributed by atoms with Crippen molar-refractivity contribution in [1.82, 2.24) is 30.8 Å². The summed E-state index contributed by atoms with van der Waals surface area (Å²) in [4.78, 5) is 37.1. The highest BCUT2D eigenvalue weighted by molar-refractivity contribution is 6.10. The molecule has 3 N–H and O–H groups in total. The minimum absolute atomic E-state index is 0.0727. The number of carbonyl (C=O) groups is 3. The number of para-hydroxylation sites is 2. The summed E-state index contributed by atoms with van der Waals surface area (Å²) >= 11 is 0. The first-order valence-corrected chi connectivity index (χ1v) is 8.92. The number of nitrogens with zero attached hydrogens (tertiary/aromatic N) is 4. The summed E-state index contributed by atoms with van der Waals surface area (Å²) in [5.41, 5.74) is 1.53. The Morgan fingerprint density at radius 1 is 1.07 bits per heavy atom. The summed E-state index contributed by atoms with van der Waals surface area (Å²) in [7, 11) is 0. The smallest absolute Gasteiger partial charge is 0.254 e. The van der Waals surface area contributed by atoms with Crippen molar-refractivity contribution in [2.24, 2.45) is 0 Å². The largest absolute Gasteiger partial charge is 0.349 e. The number of benzene rings is 2. The Balaban J connectivity index is 1.39. The highest BCUT2D eigenvalue weighted by atomic mass is 16.2. The van der Waals surface area contributed by atoms with Crippen molar-refractivity contribution in [3.05, 3.63) is 66.0 Å². The van der Waals surface area contributed by atoms with Crippen LogP contribution in [0.1, 0.15) is 22.6 Å². The van der Waals surface area contributed by atoms with Gasteiger partial charge in [0.05, 0.1) is 29.9 Å². The third-order valence-electron chi connectivity index (χ3n) is 4.42. The van der Waals surface area contributed by atoms with Crippen molar-refractivity contribution in [3.8, 4) is 5.69 Å². The number of amides is 3. The Hall–Kier alpha value is -4.08. The number of nitrogens with one attached hydrogen (secondary N) is 3. The monoisotopic (exact) mass is 391 g/mol. The Morgan fingerprint density at radius 3 is 2.66 bits per heavy atom. The molecule has 1 aromatic heterocycles. The maximum Gasteiger partial charge on any atom is 0.254 e. The van der Waals surface area contributed by atoms with Crippen molar-refractivity contribution < 1.29 is 14.4 Å². The number of hydrogen-bond donors (Lipinski definition) is 3. The van der Waals surface area contributed by atoms with Crippen molar-refractivity contribution in [2.75, 3.05) is 5.32 Å². The Labute approximate surface area is 165 Å². The fourth-order valence-corrected chi connectivity index (χ4v) is 2.98. The third-order valence-corrected chi connectivity index (χ3v) is 4.42. The van der Waals surface area contributed by atoms with Crippen LogP contribution in [0, 0.1) is 0 Å². The average molecular weight is 391 g/mol. The summed E-state index contributed by atoms with van der Waals surface area (Å²) in [5, 5.41) is 19.4. The number of hydrogen-bond acceptors (Lipinski definition) is 6. The fourth-order valence-electron chi connectivity index (χ4n) is 2.98.